The van der Waals surface area contributed by atoms with Crippen molar-refractivity contribution in [3.8, 4) is 0 Å². The average Bonchev–Trinajstić information content (AvgIpc) is 2.43. The summed E-state index contributed by atoms with van der Waals surface area (Å²) in [6, 6.07) is 0.614. The van der Waals surface area contributed by atoms with Crippen molar-refractivity contribution >= 4 is 11.6 Å². The molecule has 72 valence electrons. The zero-order valence-corrected chi connectivity index (χ0v) is 8.46. The Morgan fingerprint density at radius 1 is 1.69 bits per heavy atom. The van der Waals surface area contributed by atoms with Crippen LogP contribution in [-0.4, -0.2) is 21.2 Å². The lowest BCUT2D eigenvalue weighted by molar-refractivity contribution is 0.345. The fraction of sp³-hybridized carbons (Fsp3) is 0.667. The fourth-order valence-corrected chi connectivity index (χ4v) is 1.97. The van der Waals surface area contributed by atoms with Crippen molar-refractivity contribution < 1.29 is 0 Å². The largest absolute Gasteiger partial charge is 0.310 e. The van der Waals surface area contributed by atoms with E-state index in [0.29, 0.717) is 11.4 Å². The number of hydrogen-bond acceptors (Lipinski definition) is 2. The molecule has 0 atom stereocenters. The molecule has 1 aliphatic rings. The van der Waals surface area contributed by atoms with Gasteiger partial charge in [0, 0.05) is 36.8 Å². The third-order valence-electron chi connectivity index (χ3n) is 2.43. The lowest BCUT2D eigenvalue weighted by Crippen LogP contribution is -2.41. The van der Waals surface area contributed by atoms with Crippen LogP contribution in [0.5, 0.6) is 0 Å². The molecule has 0 bridgehead atoms. The zero-order chi connectivity index (χ0) is 9.26. The molecule has 0 aliphatic heterocycles. The number of rotatable bonds is 3. The van der Waals surface area contributed by atoms with Gasteiger partial charge in [-0.25, -0.2) is 0 Å². The van der Waals surface area contributed by atoms with E-state index >= 15 is 0 Å². The summed E-state index contributed by atoms with van der Waals surface area (Å²) in [7, 11) is 1.93. The van der Waals surface area contributed by atoms with Crippen LogP contribution in [0, 0.1) is 0 Å². The third-order valence-corrected chi connectivity index (χ3v) is 2.79. The van der Waals surface area contributed by atoms with Crippen molar-refractivity contribution in [2.24, 2.45) is 7.05 Å². The van der Waals surface area contributed by atoms with Gasteiger partial charge < -0.3 is 5.32 Å². The SMILES string of the molecule is Cn1cc(CNC2CC(Cl)C2)cn1. The van der Waals surface area contributed by atoms with Crippen molar-refractivity contribution in [1.29, 1.82) is 0 Å². The van der Waals surface area contributed by atoms with E-state index in [-0.39, 0.29) is 0 Å². The molecule has 4 heteroatoms. The minimum Gasteiger partial charge on any atom is -0.310 e. The Hall–Kier alpha value is -0.540. The summed E-state index contributed by atoms with van der Waals surface area (Å²) >= 11 is 5.87. The molecule has 2 rings (SSSR count). The highest BCUT2D eigenvalue weighted by Crippen LogP contribution is 2.25. The highest BCUT2D eigenvalue weighted by Gasteiger charge is 2.26. The van der Waals surface area contributed by atoms with Gasteiger partial charge in [0.1, 0.15) is 0 Å². The molecule has 1 saturated carbocycles. The van der Waals surface area contributed by atoms with E-state index in [1.54, 1.807) is 0 Å². The molecule has 0 spiro atoms. The summed E-state index contributed by atoms with van der Waals surface area (Å²) in [6.07, 6.45) is 6.12. The van der Waals surface area contributed by atoms with E-state index in [4.69, 9.17) is 11.6 Å². The van der Waals surface area contributed by atoms with Crippen molar-refractivity contribution in [1.82, 2.24) is 15.1 Å². The van der Waals surface area contributed by atoms with Gasteiger partial charge in [-0.15, -0.1) is 11.6 Å². The third kappa shape index (κ3) is 2.23. The average molecular weight is 200 g/mol. The van der Waals surface area contributed by atoms with Gasteiger partial charge in [-0.05, 0) is 12.8 Å². The molecule has 1 fully saturated rings. The minimum absolute atomic E-state index is 0.395. The summed E-state index contributed by atoms with van der Waals surface area (Å²) in [4.78, 5) is 0. The van der Waals surface area contributed by atoms with Crippen LogP contribution in [0.2, 0.25) is 0 Å². The predicted molar refractivity (Wildman–Crippen MR) is 52.7 cm³/mol. The summed E-state index contributed by atoms with van der Waals surface area (Å²) < 4.78 is 1.82. The van der Waals surface area contributed by atoms with Gasteiger partial charge in [-0.2, -0.15) is 5.10 Å². The van der Waals surface area contributed by atoms with Gasteiger partial charge in [0.2, 0.25) is 0 Å². The number of hydrogen-bond donors (Lipinski definition) is 1. The number of nitrogens with zero attached hydrogens (tertiary/aromatic N) is 2. The highest BCUT2D eigenvalue weighted by molar-refractivity contribution is 6.21. The van der Waals surface area contributed by atoms with Crippen molar-refractivity contribution in [2.45, 2.75) is 30.8 Å². The first-order chi connectivity index (χ1) is 6.24. The van der Waals surface area contributed by atoms with Gasteiger partial charge in [0.25, 0.3) is 0 Å². The van der Waals surface area contributed by atoms with Crippen LogP contribution >= 0.6 is 11.6 Å². The molecule has 1 aliphatic carbocycles. The Kier molecular flexibility index (Phi) is 2.56. The Balaban J connectivity index is 1.74. The van der Waals surface area contributed by atoms with Crippen LogP contribution in [0.3, 0.4) is 0 Å². The Bertz CT molecular complexity index is 278. The van der Waals surface area contributed by atoms with Gasteiger partial charge in [-0.1, -0.05) is 0 Å². The van der Waals surface area contributed by atoms with Crippen molar-refractivity contribution in [3.63, 3.8) is 0 Å². The molecular weight excluding hydrogens is 186 g/mol. The Labute approximate surface area is 83.1 Å². The van der Waals surface area contributed by atoms with E-state index in [9.17, 15) is 0 Å². The molecule has 1 aromatic rings. The van der Waals surface area contributed by atoms with Gasteiger partial charge in [0.15, 0.2) is 0 Å². The summed E-state index contributed by atoms with van der Waals surface area (Å²) in [6.45, 7) is 0.905. The van der Waals surface area contributed by atoms with Crippen LogP contribution in [-0.2, 0) is 13.6 Å². The molecule has 0 saturated heterocycles. The van der Waals surface area contributed by atoms with Gasteiger partial charge >= 0.3 is 0 Å². The molecule has 0 radical (unpaired) electrons. The molecule has 1 aromatic heterocycles. The van der Waals surface area contributed by atoms with E-state index in [0.717, 1.165) is 19.4 Å². The molecule has 1 N–H and O–H groups in total. The van der Waals surface area contributed by atoms with E-state index < -0.39 is 0 Å². The fourth-order valence-electron chi connectivity index (χ4n) is 1.54. The normalized spacial score (nSPS) is 27.2. The second kappa shape index (κ2) is 3.68. The maximum absolute atomic E-state index is 5.87. The first kappa shape index (κ1) is 9.03. The molecule has 0 aromatic carbocycles. The lowest BCUT2D eigenvalue weighted by Gasteiger charge is -2.31. The highest BCUT2D eigenvalue weighted by atomic mass is 35.5. The predicted octanol–water partition coefficient (Wildman–Crippen LogP) is 1.28. The standard InChI is InChI=1S/C9H14ClN3/c1-13-6-7(5-12-13)4-11-9-2-8(10)3-9/h5-6,8-9,11H,2-4H2,1H3. The maximum atomic E-state index is 5.87. The number of aromatic nitrogens is 2. The minimum atomic E-state index is 0.395. The van der Waals surface area contributed by atoms with Crippen LogP contribution < -0.4 is 5.32 Å². The topological polar surface area (TPSA) is 29.9 Å². The summed E-state index contributed by atoms with van der Waals surface area (Å²) in [5.74, 6) is 0. The molecule has 13 heavy (non-hydrogen) atoms. The molecule has 0 amide bonds. The van der Waals surface area contributed by atoms with Crippen molar-refractivity contribution in [2.75, 3.05) is 0 Å². The van der Waals surface area contributed by atoms with E-state index in [1.807, 2.05) is 24.1 Å². The quantitative estimate of drug-likeness (QED) is 0.744. The molecule has 0 unspecified atom stereocenters. The summed E-state index contributed by atoms with van der Waals surface area (Å²) in [5, 5.41) is 7.94. The number of halogens is 1. The van der Waals surface area contributed by atoms with Gasteiger partial charge in [-0.3, -0.25) is 4.68 Å². The van der Waals surface area contributed by atoms with Crippen LogP contribution in [0.25, 0.3) is 0 Å². The second-order valence-corrected chi connectivity index (χ2v) is 4.29. The van der Waals surface area contributed by atoms with Crippen LogP contribution in [0.15, 0.2) is 12.4 Å². The molecular formula is C9H14ClN3. The monoisotopic (exact) mass is 199 g/mol. The van der Waals surface area contributed by atoms with Gasteiger partial charge in [0.05, 0.1) is 6.20 Å². The van der Waals surface area contributed by atoms with Crippen LogP contribution in [0.1, 0.15) is 18.4 Å². The van der Waals surface area contributed by atoms with Crippen molar-refractivity contribution in [3.05, 3.63) is 18.0 Å². The summed E-state index contributed by atoms with van der Waals surface area (Å²) in [5.41, 5.74) is 1.24. The Morgan fingerprint density at radius 3 is 3.00 bits per heavy atom. The van der Waals surface area contributed by atoms with E-state index in [1.165, 1.54) is 5.56 Å². The van der Waals surface area contributed by atoms with E-state index in [2.05, 4.69) is 10.4 Å². The smallest absolute Gasteiger partial charge is 0.0534 e. The first-order valence-corrected chi connectivity index (χ1v) is 5.02. The lowest BCUT2D eigenvalue weighted by atomic mass is 9.92. The molecule has 3 nitrogen and oxygen atoms in total. The Morgan fingerprint density at radius 2 is 2.46 bits per heavy atom. The molecule has 1 heterocycles. The zero-order valence-electron chi connectivity index (χ0n) is 7.70. The number of alkyl halides is 1. The number of nitrogens with one attached hydrogen (secondary N) is 1. The second-order valence-electron chi connectivity index (χ2n) is 3.67. The maximum Gasteiger partial charge on any atom is 0.0534 e. The van der Waals surface area contributed by atoms with Crippen LogP contribution in [0.4, 0.5) is 0 Å². The first-order valence-electron chi connectivity index (χ1n) is 4.59. The number of aryl methyl sites for hydroxylation is 1.